The van der Waals surface area contributed by atoms with Crippen LogP contribution in [0.1, 0.15) is 19.3 Å². The van der Waals surface area contributed by atoms with Crippen LogP contribution < -0.4 is 0 Å². The molecule has 5 nitrogen and oxygen atoms in total. The summed E-state index contributed by atoms with van der Waals surface area (Å²) < 4.78 is 72.4. The van der Waals surface area contributed by atoms with E-state index in [2.05, 4.69) is 4.98 Å². The Kier molecular flexibility index (Phi) is 4.61. The van der Waals surface area contributed by atoms with Crippen molar-refractivity contribution in [3.8, 4) is 0 Å². The summed E-state index contributed by atoms with van der Waals surface area (Å²) in [6.07, 6.45) is -1.44. The molecular weight excluding hydrogens is 345 g/mol. The third-order valence-corrected chi connectivity index (χ3v) is 6.88. The van der Waals surface area contributed by atoms with Gasteiger partial charge in [0.25, 0.3) is 0 Å². The molecule has 1 aromatic rings. The van der Waals surface area contributed by atoms with Crippen LogP contribution in [0.2, 0.25) is 0 Å². The van der Waals surface area contributed by atoms with Crippen molar-refractivity contribution in [2.45, 2.75) is 30.3 Å². The molecule has 0 aromatic carbocycles. The molecule has 2 aliphatic heterocycles. The number of alkyl halides is 3. The lowest BCUT2D eigenvalue weighted by molar-refractivity contribution is -0.231. The van der Waals surface area contributed by atoms with Gasteiger partial charge < -0.3 is 4.74 Å². The van der Waals surface area contributed by atoms with Crippen LogP contribution in [0.4, 0.5) is 13.2 Å². The smallest absolute Gasteiger partial charge is 0.381 e. The Morgan fingerprint density at radius 3 is 2.58 bits per heavy atom. The average Bonchev–Trinajstić information content (AvgIpc) is 2.55. The molecule has 0 bridgehead atoms. The predicted octanol–water partition coefficient (Wildman–Crippen LogP) is 2.45. The molecule has 1 spiro atoms. The van der Waals surface area contributed by atoms with E-state index in [1.54, 1.807) is 0 Å². The van der Waals surface area contributed by atoms with Gasteiger partial charge in [-0.25, -0.2) is 8.42 Å². The predicted molar refractivity (Wildman–Crippen MR) is 79.6 cm³/mol. The molecule has 0 N–H and O–H groups in total. The van der Waals surface area contributed by atoms with E-state index in [4.69, 9.17) is 4.74 Å². The number of aromatic nitrogens is 1. The summed E-state index contributed by atoms with van der Waals surface area (Å²) in [6.45, 7) is 0.197. The zero-order chi connectivity index (χ0) is 17.4. The topological polar surface area (TPSA) is 59.5 Å². The molecule has 0 unspecified atom stereocenters. The van der Waals surface area contributed by atoms with Gasteiger partial charge in [-0.15, -0.1) is 0 Å². The second-order valence-corrected chi connectivity index (χ2v) is 8.32. The maximum atomic E-state index is 13.5. The van der Waals surface area contributed by atoms with Crippen molar-refractivity contribution in [1.29, 1.82) is 0 Å². The van der Waals surface area contributed by atoms with Gasteiger partial charge in [-0.05, 0) is 31.4 Å². The molecule has 9 heteroatoms. The first-order valence-corrected chi connectivity index (χ1v) is 9.24. The van der Waals surface area contributed by atoms with Crippen LogP contribution >= 0.6 is 0 Å². The molecule has 2 fully saturated rings. The summed E-state index contributed by atoms with van der Waals surface area (Å²) in [5, 5.41) is 0. The van der Waals surface area contributed by atoms with E-state index >= 15 is 0 Å². The Morgan fingerprint density at radius 1 is 1.29 bits per heavy atom. The van der Waals surface area contributed by atoms with E-state index in [9.17, 15) is 21.6 Å². The molecule has 2 aliphatic rings. The van der Waals surface area contributed by atoms with E-state index in [0.717, 1.165) is 0 Å². The Labute approximate surface area is 138 Å². The SMILES string of the molecule is O=S(=O)(c1cccnc1)N1CC[C@H](C(F)(F)F)C2(CCOCC2)C1. The van der Waals surface area contributed by atoms with E-state index in [0.29, 0.717) is 0 Å². The van der Waals surface area contributed by atoms with E-state index in [1.165, 1.54) is 28.8 Å². The lowest BCUT2D eigenvalue weighted by Gasteiger charge is -2.50. The van der Waals surface area contributed by atoms with E-state index < -0.39 is 27.5 Å². The molecular formula is C15H19F3N2O3S. The lowest BCUT2D eigenvalue weighted by Crippen LogP contribution is -2.56. The van der Waals surface area contributed by atoms with Gasteiger partial charge in [0.05, 0.1) is 5.92 Å². The molecule has 2 saturated heterocycles. The average molecular weight is 364 g/mol. The van der Waals surface area contributed by atoms with E-state index in [-0.39, 0.29) is 50.5 Å². The fourth-order valence-corrected chi connectivity index (χ4v) is 5.28. The van der Waals surface area contributed by atoms with Crippen LogP contribution in [-0.2, 0) is 14.8 Å². The normalized spacial score (nSPS) is 25.7. The molecule has 24 heavy (non-hydrogen) atoms. The van der Waals surface area contributed by atoms with Crippen LogP contribution in [0.5, 0.6) is 0 Å². The zero-order valence-electron chi connectivity index (χ0n) is 13.0. The summed E-state index contributed by atoms with van der Waals surface area (Å²) in [5.74, 6) is -1.49. The van der Waals surface area contributed by atoms with Crippen molar-refractivity contribution in [2.75, 3.05) is 26.3 Å². The first-order chi connectivity index (χ1) is 11.3. The van der Waals surface area contributed by atoms with Crippen molar-refractivity contribution < 1.29 is 26.3 Å². The maximum absolute atomic E-state index is 13.5. The fraction of sp³-hybridized carbons (Fsp3) is 0.667. The number of rotatable bonds is 2. The number of hydrogen-bond donors (Lipinski definition) is 0. The summed E-state index contributed by atoms with van der Waals surface area (Å²) in [7, 11) is -3.84. The summed E-state index contributed by atoms with van der Waals surface area (Å²) in [4.78, 5) is 3.81. The summed E-state index contributed by atoms with van der Waals surface area (Å²) in [5.41, 5.74) is -1.11. The maximum Gasteiger partial charge on any atom is 0.392 e. The van der Waals surface area contributed by atoms with Crippen molar-refractivity contribution >= 4 is 10.0 Å². The van der Waals surface area contributed by atoms with Crippen molar-refractivity contribution in [3.63, 3.8) is 0 Å². The fourth-order valence-electron chi connectivity index (χ4n) is 3.77. The largest absolute Gasteiger partial charge is 0.392 e. The van der Waals surface area contributed by atoms with Gasteiger partial charge in [0, 0.05) is 44.1 Å². The highest BCUT2D eigenvalue weighted by Crippen LogP contribution is 2.51. The number of pyridine rings is 1. The number of nitrogens with zero attached hydrogens (tertiary/aromatic N) is 2. The quantitative estimate of drug-likeness (QED) is 0.809. The highest BCUT2D eigenvalue weighted by atomic mass is 32.2. The van der Waals surface area contributed by atoms with Gasteiger partial charge >= 0.3 is 6.18 Å². The number of hydrogen-bond acceptors (Lipinski definition) is 4. The van der Waals surface area contributed by atoms with Crippen LogP contribution in [0.3, 0.4) is 0 Å². The molecule has 0 saturated carbocycles. The van der Waals surface area contributed by atoms with Crippen LogP contribution in [0.15, 0.2) is 29.4 Å². The second-order valence-electron chi connectivity index (χ2n) is 6.38. The molecule has 1 aromatic heterocycles. The Hall–Kier alpha value is -1.19. The second kappa shape index (κ2) is 6.27. The van der Waals surface area contributed by atoms with Crippen molar-refractivity contribution in [2.24, 2.45) is 11.3 Å². The Balaban J connectivity index is 1.92. The van der Waals surface area contributed by atoms with Crippen LogP contribution in [0.25, 0.3) is 0 Å². The van der Waals surface area contributed by atoms with Crippen molar-refractivity contribution in [3.05, 3.63) is 24.5 Å². The standard InChI is InChI=1S/C15H19F3N2O3S/c16-15(17,18)13-3-7-20(11-14(13)4-8-23-9-5-14)24(21,22)12-2-1-6-19-10-12/h1-2,6,10,13H,3-5,7-9,11H2/t13-/m0/s1. The van der Waals surface area contributed by atoms with Gasteiger partial charge in [-0.1, -0.05) is 0 Å². The first kappa shape index (κ1) is 17.6. The summed E-state index contributed by atoms with van der Waals surface area (Å²) >= 11 is 0. The highest BCUT2D eigenvalue weighted by molar-refractivity contribution is 7.89. The van der Waals surface area contributed by atoms with Gasteiger partial charge in [0.1, 0.15) is 4.90 Å². The summed E-state index contributed by atoms with van der Waals surface area (Å²) in [6, 6.07) is 2.91. The molecule has 3 heterocycles. The molecule has 0 amide bonds. The molecule has 134 valence electrons. The number of ether oxygens (including phenoxy) is 1. The monoisotopic (exact) mass is 364 g/mol. The minimum atomic E-state index is -4.33. The first-order valence-electron chi connectivity index (χ1n) is 7.80. The van der Waals surface area contributed by atoms with Crippen LogP contribution in [0, 0.1) is 11.3 Å². The van der Waals surface area contributed by atoms with Gasteiger partial charge in [0.2, 0.25) is 10.0 Å². The molecule has 3 rings (SSSR count). The highest BCUT2D eigenvalue weighted by Gasteiger charge is 2.57. The number of halogens is 3. The third-order valence-electron chi connectivity index (χ3n) is 5.05. The zero-order valence-corrected chi connectivity index (χ0v) is 13.8. The molecule has 0 aliphatic carbocycles. The molecule has 0 radical (unpaired) electrons. The van der Waals surface area contributed by atoms with Gasteiger partial charge in [0.15, 0.2) is 0 Å². The Bertz CT molecular complexity index is 673. The van der Waals surface area contributed by atoms with Gasteiger partial charge in [-0.2, -0.15) is 17.5 Å². The lowest BCUT2D eigenvalue weighted by atomic mass is 9.66. The molecule has 1 atom stereocenters. The third kappa shape index (κ3) is 3.16. The minimum absolute atomic E-state index is 0.0117. The number of sulfonamides is 1. The number of piperidine rings is 1. The van der Waals surface area contributed by atoms with Crippen molar-refractivity contribution in [1.82, 2.24) is 9.29 Å². The van der Waals surface area contributed by atoms with E-state index in [1.807, 2.05) is 0 Å². The van der Waals surface area contributed by atoms with Gasteiger partial charge in [-0.3, -0.25) is 4.98 Å². The Morgan fingerprint density at radius 2 is 2.00 bits per heavy atom. The van der Waals surface area contributed by atoms with Crippen LogP contribution in [-0.4, -0.2) is 50.2 Å². The minimum Gasteiger partial charge on any atom is -0.381 e.